The molecular weight excluding hydrogens is 402 g/mol. The Morgan fingerprint density at radius 1 is 1.26 bits per heavy atom. The quantitative estimate of drug-likeness (QED) is 0.460. The minimum atomic E-state index is -0.824. The summed E-state index contributed by atoms with van der Waals surface area (Å²) in [5.74, 6) is -1.17. The fourth-order valence-electron chi connectivity index (χ4n) is 3.89. The van der Waals surface area contributed by atoms with Crippen LogP contribution in [0.4, 0.5) is 14.5 Å². The van der Waals surface area contributed by atoms with E-state index < -0.39 is 17.5 Å². The number of benzene rings is 1. The van der Waals surface area contributed by atoms with Crippen LogP contribution in [0.15, 0.2) is 47.1 Å². The summed E-state index contributed by atoms with van der Waals surface area (Å²) in [5.41, 5.74) is 2.47. The van der Waals surface area contributed by atoms with Gasteiger partial charge in [-0.3, -0.25) is 14.4 Å². The van der Waals surface area contributed by atoms with Gasteiger partial charge in [0.1, 0.15) is 17.4 Å². The van der Waals surface area contributed by atoms with E-state index in [-0.39, 0.29) is 12.2 Å². The highest BCUT2D eigenvalue weighted by molar-refractivity contribution is 6.13. The van der Waals surface area contributed by atoms with Crippen LogP contribution in [0, 0.1) is 18.6 Å². The largest absolute Gasteiger partial charge is 0.467 e. The van der Waals surface area contributed by atoms with Crippen molar-refractivity contribution in [2.24, 2.45) is 7.05 Å². The van der Waals surface area contributed by atoms with E-state index in [0.717, 1.165) is 30.7 Å². The van der Waals surface area contributed by atoms with E-state index in [1.54, 1.807) is 29.9 Å². The zero-order valence-electron chi connectivity index (χ0n) is 17.1. The van der Waals surface area contributed by atoms with Crippen LogP contribution in [-0.4, -0.2) is 20.7 Å². The van der Waals surface area contributed by atoms with Crippen molar-refractivity contribution in [3.63, 3.8) is 0 Å². The van der Waals surface area contributed by atoms with E-state index in [4.69, 9.17) is 9.40 Å². The first-order valence-corrected chi connectivity index (χ1v) is 10.1. The molecule has 4 aromatic rings. The SMILES string of the molecule is Cc1nn(C)c2nc(C3CC3)cc(C(=O)N(Cc3ccco3)c3ccc(F)cc3F)c12. The van der Waals surface area contributed by atoms with Gasteiger partial charge in [0, 0.05) is 24.7 Å². The third kappa shape index (κ3) is 3.48. The monoisotopic (exact) mass is 422 g/mol. The van der Waals surface area contributed by atoms with Crippen molar-refractivity contribution in [3.05, 3.63) is 77.0 Å². The van der Waals surface area contributed by atoms with E-state index >= 15 is 0 Å². The Labute approximate surface area is 177 Å². The standard InChI is InChI=1S/C23H20F2N4O2/c1-13-21-17(11-19(14-5-6-14)26-22(21)28(2)27-13)23(30)29(12-16-4-3-9-31-16)20-8-7-15(24)10-18(20)25/h3-4,7-11,14H,5-6,12H2,1-2H3. The van der Waals surface area contributed by atoms with Crippen LogP contribution in [0.25, 0.3) is 11.0 Å². The molecule has 5 rings (SSSR count). The lowest BCUT2D eigenvalue weighted by Crippen LogP contribution is -2.31. The molecule has 0 radical (unpaired) electrons. The molecule has 3 heterocycles. The molecule has 1 amide bonds. The second kappa shape index (κ2) is 7.30. The van der Waals surface area contributed by atoms with Gasteiger partial charge in [0.2, 0.25) is 0 Å². The lowest BCUT2D eigenvalue weighted by atomic mass is 10.1. The Morgan fingerprint density at radius 3 is 2.74 bits per heavy atom. The molecule has 8 heteroatoms. The molecule has 0 atom stereocenters. The maximum Gasteiger partial charge on any atom is 0.259 e. The number of aryl methyl sites for hydroxylation is 2. The highest BCUT2D eigenvalue weighted by Gasteiger charge is 2.31. The topological polar surface area (TPSA) is 64.2 Å². The highest BCUT2D eigenvalue weighted by Crippen LogP contribution is 2.41. The smallest absolute Gasteiger partial charge is 0.259 e. The average molecular weight is 422 g/mol. The van der Waals surface area contributed by atoms with Crippen LogP contribution in [0.2, 0.25) is 0 Å². The van der Waals surface area contributed by atoms with E-state index in [0.29, 0.717) is 34.0 Å². The van der Waals surface area contributed by atoms with Gasteiger partial charge in [-0.1, -0.05) is 0 Å². The number of amides is 1. The number of hydrogen-bond donors (Lipinski definition) is 0. The van der Waals surface area contributed by atoms with Gasteiger partial charge in [-0.15, -0.1) is 0 Å². The number of anilines is 1. The molecule has 3 aromatic heterocycles. The van der Waals surface area contributed by atoms with Crippen molar-refractivity contribution in [2.75, 3.05) is 4.90 Å². The molecule has 0 spiro atoms. The maximum absolute atomic E-state index is 14.7. The third-order valence-corrected chi connectivity index (χ3v) is 5.55. The van der Waals surface area contributed by atoms with Crippen LogP contribution in [0.1, 0.15) is 46.3 Å². The summed E-state index contributed by atoms with van der Waals surface area (Å²) in [7, 11) is 1.79. The number of carbonyl (C=O) groups is 1. The molecule has 1 fully saturated rings. The van der Waals surface area contributed by atoms with Gasteiger partial charge in [-0.2, -0.15) is 5.10 Å². The molecule has 1 aliphatic carbocycles. The minimum Gasteiger partial charge on any atom is -0.467 e. The number of pyridine rings is 1. The van der Waals surface area contributed by atoms with E-state index in [1.165, 1.54) is 17.2 Å². The second-order valence-electron chi connectivity index (χ2n) is 7.84. The summed E-state index contributed by atoms with van der Waals surface area (Å²) in [6.45, 7) is 1.81. The molecule has 31 heavy (non-hydrogen) atoms. The molecule has 0 saturated heterocycles. The lowest BCUT2D eigenvalue weighted by molar-refractivity contribution is 0.0983. The summed E-state index contributed by atoms with van der Waals surface area (Å²) >= 11 is 0. The molecule has 0 aliphatic heterocycles. The Balaban J connectivity index is 1.68. The van der Waals surface area contributed by atoms with Gasteiger partial charge in [-0.05, 0) is 50.1 Å². The number of nitrogens with zero attached hydrogens (tertiary/aromatic N) is 4. The number of carbonyl (C=O) groups excluding carboxylic acids is 1. The Hall–Kier alpha value is -3.55. The summed E-state index contributed by atoms with van der Waals surface area (Å²) < 4.78 is 35.3. The summed E-state index contributed by atoms with van der Waals surface area (Å²) in [6, 6.07) is 8.35. The van der Waals surface area contributed by atoms with Crippen LogP contribution in [0.5, 0.6) is 0 Å². The molecule has 0 N–H and O–H groups in total. The van der Waals surface area contributed by atoms with Gasteiger partial charge in [0.25, 0.3) is 5.91 Å². The van der Waals surface area contributed by atoms with Crippen LogP contribution in [-0.2, 0) is 13.6 Å². The summed E-state index contributed by atoms with van der Waals surface area (Å²) in [6.07, 6.45) is 3.53. The first-order valence-electron chi connectivity index (χ1n) is 10.1. The van der Waals surface area contributed by atoms with Gasteiger partial charge in [0.15, 0.2) is 5.65 Å². The third-order valence-electron chi connectivity index (χ3n) is 5.55. The van der Waals surface area contributed by atoms with Crippen LogP contribution < -0.4 is 4.90 Å². The number of aromatic nitrogens is 3. The fraction of sp³-hybridized carbons (Fsp3) is 0.261. The van der Waals surface area contributed by atoms with Gasteiger partial charge in [0.05, 0.1) is 35.1 Å². The molecule has 0 bridgehead atoms. The lowest BCUT2D eigenvalue weighted by Gasteiger charge is -2.23. The van der Waals surface area contributed by atoms with Crippen molar-refractivity contribution in [3.8, 4) is 0 Å². The zero-order chi connectivity index (χ0) is 21.7. The van der Waals surface area contributed by atoms with Crippen molar-refractivity contribution >= 4 is 22.6 Å². The predicted molar refractivity (Wildman–Crippen MR) is 111 cm³/mol. The van der Waals surface area contributed by atoms with E-state index in [2.05, 4.69) is 5.10 Å². The first kappa shape index (κ1) is 19.4. The molecule has 1 aliphatic rings. The van der Waals surface area contributed by atoms with Gasteiger partial charge in [-0.25, -0.2) is 13.8 Å². The van der Waals surface area contributed by atoms with Crippen molar-refractivity contribution < 1.29 is 18.0 Å². The summed E-state index contributed by atoms with van der Waals surface area (Å²) in [5, 5.41) is 5.06. The normalized spacial score (nSPS) is 13.7. The van der Waals surface area contributed by atoms with Crippen LogP contribution in [0.3, 0.4) is 0 Å². The minimum absolute atomic E-state index is 0.00370. The molecular formula is C23H20F2N4O2. The molecule has 6 nitrogen and oxygen atoms in total. The van der Waals surface area contributed by atoms with Crippen molar-refractivity contribution in [1.29, 1.82) is 0 Å². The zero-order valence-corrected chi connectivity index (χ0v) is 17.1. The fourth-order valence-corrected chi connectivity index (χ4v) is 3.89. The number of hydrogen-bond acceptors (Lipinski definition) is 4. The molecule has 0 unspecified atom stereocenters. The molecule has 1 saturated carbocycles. The molecule has 158 valence electrons. The van der Waals surface area contributed by atoms with Crippen molar-refractivity contribution in [1.82, 2.24) is 14.8 Å². The predicted octanol–water partition coefficient (Wildman–Crippen LogP) is 4.87. The number of fused-ring (bicyclic) bond motifs is 1. The Bertz CT molecular complexity index is 1290. The number of halogens is 2. The number of furan rings is 1. The van der Waals surface area contributed by atoms with Gasteiger partial charge < -0.3 is 4.42 Å². The Kier molecular flexibility index (Phi) is 4.57. The van der Waals surface area contributed by atoms with E-state index in [9.17, 15) is 13.6 Å². The van der Waals surface area contributed by atoms with E-state index in [1.807, 2.05) is 6.92 Å². The second-order valence-corrected chi connectivity index (χ2v) is 7.84. The average Bonchev–Trinajstić information content (AvgIpc) is 3.39. The van der Waals surface area contributed by atoms with Gasteiger partial charge >= 0.3 is 0 Å². The maximum atomic E-state index is 14.7. The highest BCUT2D eigenvalue weighted by atomic mass is 19.1. The summed E-state index contributed by atoms with van der Waals surface area (Å²) in [4.78, 5) is 19.8. The first-order chi connectivity index (χ1) is 14.9. The van der Waals surface area contributed by atoms with Crippen molar-refractivity contribution in [2.45, 2.75) is 32.2 Å². The Morgan fingerprint density at radius 2 is 2.06 bits per heavy atom. The van der Waals surface area contributed by atoms with Crippen LogP contribution >= 0.6 is 0 Å². The molecule has 1 aromatic carbocycles. The number of rotatable bonds is 5.